The van der Waals surface area contributed by atoms with E-state index < -0.39 is 23.8 Å². The van der Waals surface area contributed by atoms with Crippen molar-refractivity contribution in [2.24, 2.45) is 16.5 Å². The van der Waals surface area contributed by atoms with Crippen LogP contribution < -0.4 is 35.7 Å². The lowest BCUT2D eigenvalue weighted by Gasteiger charge is -2.15. The lowest BCUT2D eigenvalue weighted by Crippen LogP contribution is -2.27. The molecule has 0 aliphatic carbocycles. The Labute approximate surface area is 225 Å². The molecule has 39 heavy (non-hydrogen) atoms. The molecular weight excluding hydrogens is 512 g/mol. The van der Waals surface area contributed by atoms with Gasteiger partial charge in [0.25, 0.3) is 5.91 Å². The van der Waals surface area contributed by atoms with Crippen LogP contribution in [0.25, 0.3) is 0 Å². The number of para-hydroxylation sites is 1. The Kier molecular flexibility index (Phi) is 12.0. The number of nitrogens with zero attached hydrogens (tertiary/aromatic N) is 1. The first kappa shape index (κ1) is 30.4. The number of unbranched alkanes of at least 4 members (excludes halogenated alkanes) is 1. The summed E-state index contributed by atoms with van der Waals surface area (Å²) in [5.41, 5.74) is 10.8. The Morgan fingerprint density at radius 2 is 1.59 bits per heavy atom. The number of hydrogen-bond donors (Lipinski definition) is 3. The number of carbonyl (C=O) groups is 4. The van der Waals surface area contributed by atoms with Crippen molar-refractivity contribution in [1.82, 2.24) is 5.32 Å². The SMILES string of the molecule is COc1cc(C(=O)OCCCCN=C(N)N)cc(OC)c1OC(=O)CCNC(=O)c1ccccc1OC(C)=O. The maximum absolute atomic E-state index is 12.5. The fourth-order valence-electron chi connectivity index (χ4n) is 3.20. The zero-order chi connectivity index (χ0) is 28.8. The number of rotatable bonds is 14. The number of guanidine groups is 1. The highest BCUT2D eigenvalue weighted by Gasteiger charge is 2.21. The molecule has 0 heterocycles. The van der Waals surface area contributed by atoms with E-state index in [9.17, 15) is 19.2 Å². The molecule has 0 radical (unpaired) electrons. The second-order valence-corrected chi connectivity index (χ2v) is 7.93. The van der Waals surface area contributed by atoms with Gasteiger partial charge in [0.2, 0.25) is 5.75 Å². The van der Waals surface area contributed by atoms with Gasteiger partial charge in [-0.2, -0.15) is 0 Å². The molecule has 0 fully saturated rings. The number of carbonyl (C=O) groups excluding carboxylic acids is 4. The van der Waals surface area contributed by atoms with E-state index in [1.54, 1.807) is 12.1 Å². The van der Waals surface area contributed by atoms with E-state index in [4.69, 9.17) is 35.2 Å². The zero-order valence-electron chi connectivity index (χ0n) is 22.0. The van der Waals surface area contributed by atoms with Gasteiger partial charge in [0.05, 0.1) is 38.4 Å². The Balaban J connectivity index is 1.97. The van der Waals surface area contributed by atoms with E-state index in [0.29, 0.717) is 19.4 Å². The number of hydrogen-bond acceptors (Lipinski definition) is 10. The Hall–Kier alpha value is -4.81. The van der Waals surface area contributed by atoms with Crippen molar-refractivity contribution in [3.8, 4) is 23.0 Å². The van der Waals surface area contributed by atoms with Gasteiger partial charge in [-0.15, -0.1) is 0 Å². The highest BCUT2D eigenvalue weighted by molar-refractivity contribution is 5.97. The summed E-state index contributed by atoms with van der Waals surface area (Å²) >= 11 is 0. The van der Waals surface area contributed by atoms with Crippen molar-refractivity contribution in [2.75, 3.05) is 33.9 Å². The number of aliphatic imine (C=N–C) groups is 1. The van der Waals surface area contributed by atoms with Crippen LogP contribution in [0.3, 0.4) is 0 Å². The predicted molar refractivity (Wildman–Crippen MR) is 140 cm³/mol. The maximum Gasteiger partial charge on any atom is 0.338 e. The molecule has 0 unspecified atom stereocenters. The van der Waals surface area contributed by atoms with Crippen LogP contribution in [0.1, 0.15) is 46.9 Å². The zero-order valence-corrected chi connectivity index (χ0v) is 22.0. The summed E-state index contributed by atoms with van der Waals surface area (Å²) in [7, 11) is 2.68. The van der Waals surface area contributed by atoms with Gasteiger partial charge in [-0.25, -0.2) is 4.79 Å². The summed E-state index contributed by atoms with van der Waals surface area (Å²) in [5, 5.41) is 2.57. The summed E-state index contributed by atoms with van der Waals surface area (Å²) < 4.78 is 26.3. The largest absolute Gasteiger partial charge is 0.493 e. The smallest absolute Gasteiger partial charge is 0.338 e. The molecule has 0 aliphatic heterocycles. The van der Waals surface area contributed by atoms with Crippen LogP contribution in [0.4, 0.5) is 0 Å². The molecular formula is C26H32N4O9. The van der Waals surface area contributed by atoms with Crippen molar-refractivity contribution in [2.45, 2.75) is 26.2 Å². The molecule has 0 saturated carbocycles. The Morgan fingerprint density at radius 3 is 2.21 bits per heavy atom. The van der Waals surface area contributed by atoms with E-state index in [0.717, 1.165) is 0 Å². The molecule has 2 rings (SSSR count). The van der Waals surface area contributed by atoms with E-state index in [1.165, 1.54) is 45.4 Å². The molecule has 0 atom stereocenters. The quantitative estimate of drug-likeness (QED) is 0.103. The molecule has 2 aromatic rings. The summed E-state index contributed by atoms with van der Waals surface area (Å²) in [6.45, 7) is 1.73. The minimum Gasteiger partial charge on any atom is -0.493 e. The fraction of sp³-hybridized carbons (Fsp3) is 0.346. The molecule has 0 spiro atoms. The van der Waals surface area contributed by atoms with Crippen LogP contribution in [0.2, 0.25) is 0 Å². The van der Waals surface area contributed by atoms with Crippen molar-refractivity contribution in [3.05, 3.63) is 47.5 Å². The Bertz CT molecular complexity index is 1180. The molecule has 1 amide bonds. The van der Waals surface area contributed by atoms with Crippen molar-refractivity contribution in [3.63, 3.8) is 0 Å². The third-order valence-corrected chi connectivity index (χ3v) is 4.99. The number of methoxy groups -OCH3 is 2. The fourth-order valence-corrected chi connectivity index (χ4v) is 3.20. The second-order valence-electron chi connectivity index (χ2n) is 7.93. The molecule has 0 saturated heterocycles. The van der Waals surface area contributed by atoms with Gasteiger partial charge >= 0.3 is 17.9 Å². The summed E-state index contributed by atoms with van der Waals surface area (Å²) in [4.78, 5) is 52.6. The predicted octanol–water partition coefficient (Wildman–Crippen LogP) is 1.57. The topological polar surface area (TPSA) is 191 Å². The van der Waals surface area contributed by atoms with E-state index in [1.807, 2.05) is 0 Å². The lowest BCUT2D eigenvalue weighted by molar-refractivity contribution is -0.134. The summed E-state index contributed by atoms with van der Waals surface area (Å²) in [6.07, 6.45) is 0.988. The maximum atomic E-state index is 12.5. The highest BCUT2D eigenvalue weighted by atomic mass is 16.6. The molecule has 210 valence electrons. The van der Waals surface area contributed by atoms with Gasteiger partial charge in [0.1, 0.15) is 5.75 Å². The number of nitrogens with one attached hydrogen (secondary N) is 1. The average molecular weight is 545 g/mol. The highest BCUT2D eigenvalue weighted by Crippen LogP contribution is 2.39. The van der Waals surface area contributed by atoms with Crippen molar-refractivity contribution >= 4 is 29.8 Å². The van der Waals surface area contributed by atoms with E-state index in [-0.39, 0.29) is 59.7 Å². The van der Waals surface area contributed by atoms with Gasteiger partial charge in [-0.05, 0) is 37.1 Å². The van der Waals surface area contributed by atoms with E-state index >= 15 is 0 Å². The first-order valence-electron chi connectivity index (χ1n) is 11.9. The van der Waals surface area contributed by atoms with Gasteiger partial charge in [-0.1, -0.05) is 12.1 Å². The Morgan fingerprint density at radius 1 is 0.923 bits per heavy atom. The van der Waals surface area contributed by atoms with E-state index in [2.05, 4.69) is 10.3 Å². The van der Waals surface area contributed by atoms with Crippen LogP contribution in [0.5, 0.6) is 23.0 Å². The summed E-state index contributed by atoms with van der Waals surface area (Å²) in [6, 6.07) is 8.93. The summed E-state index contributed by atoms with van der Waals surface area (Å²) in [5.74, 6) is -2.22. The number of amides is 1. The molecule has 13 nitrogen and oxygen atoms in total. The van der Waals surface area contributed by atoms with Crippen LogP contribution in [0, 0.1) is 0 Å². The molecule has 0 aromatic heterocycles. The number of esters is 3. The van der Waals surface area contributed by atoms with Gasteiger partial charge in [0.15, 0.2) is 17.5 Å². The van der Waals surface area contributed by atoms with Gasteiger partial charge < -0.3 is 40.5 Å². The van der Waals surface area contributed by atoms with Crippen LogP contribution in [-0.2, 0) is 14.3 Å². The van der Waals surface area contributed by atoms with Crippen molar-refractivity contribution in [1.29, 1.82) is 0 Å². The average Bonchev–Trinajstić information content (AvgIpc) is 2.90. The first-order chi connectivity index (χ1) is 18.7. The monoisotopic (exact) mass is 544 g/mol. The normalized spacial score (nSPS) is 10.1. The minimum absolute atomic E-state index is 0.00116. The van der Waals surface area contributed by atoms with Crippen LogP contribution >= 0.6 is 0 Å². The molecule has 13 heteroatoms. The first-order valence-corrected chi connectivity index (χ1v) is 11.9. The molecule has 2 aromatic carbocycles. The second kappa shape index (κ2) is 15.4. The van der Waals surface area contributed by atoms with Crippen LogP contribution in [0.15, 0.2) is 41.4 Å². The minimum atomic E-state index is -0.698. The number of nitrogens with two attached hydrogens (primary N) is 2. The molecule has 0 aliphatic rings. The molecule has 0 bridgehead atoms. The van der Waals surface area contributed by atoms with Gasteiger partial charge in [-0.3, -0.25) is 19.4 Å². The number of benzene rings is 2. The van der Waals surface area contributed by atoms with Gasteiger partial charge in [0, 0.05) is 20.0 Å². The van der Waals surface area contributed by atoms with Crippen molar-refractivity contribution < 1.29 is 42.9 Å². The third kappa shape index (κ3) is 9.87. The lowest BCUT2D eigenvalue weighted by atomic mass is 10.1. The van der Waals surface area contributed by atoms with Crippen LogP contribution in [-0.4, -0.2) is 63.7 Å². The molecule has 5 N–H and O–H groups in total. The number of ether oxygens (including phenoxy) is 5. The third-order valence-electron chi connectivity index (χ3n) is 4.99. The standard InChI is InChI=1S/C26H32N4O9/c1-16(31)38-19-9-5-4-8-18(19)24(33)29-12-10-22(32)39-23-20(35-2)14-17(15-21(23)36-3)25(34)37-13-7-6-11-30-26(27)28/h4-5,8-9,14-15H,6-7,10-13H2,1-3H3,(H,29,33)(H4,27,28,30).